The van der Waals surface area contributed by atoms with Crippen molar-refractivity contribution in [1.82, 2.24) is 9.88 Å². The predicted molar refractivity (Wildman–Crippen MR) is 61.9 cm³/mol. The normalized spacial score (nSPS) is 10.2. The Kier molecular flexibility index (Phi) is 5.38. The third-order valence-electron chi connectivity index (χ3n) is 2.25. The summed E-state index contributed by atoms with van der Waals surface area (Å²) in [7, 11) is 1.54. The molecule has 0 bridgehead atoms. The second kappa shape index (κ2) is 6.82. The highest BCUT2D eigenvalue weighted by Crippen LogP contribution is 2.01. The molecule has 6 heteroatoms. The van der Waals surface area contributed by atoms with E-state index in [2.05, 4.69) is 4.98 Å². The topological polar surface area (TPSA) is 82.6 Å². The average molecular weight is 240 g/mol. The Hall–Kier alpha value is -1.66. The lowest BCUT2D eigenvalue weighted by atomic mass is 10.2. The summed E-state index contributed by atoms with van der Waals surface area (Å²) in [5.41, 5.74) is 0.126. The van der Waals surface area contributed by atoms with Gasteiger partial charge in [-0.15, -0.1) is 0 Å². The van der Waals surface area contributed by atoms with Gasteiger partial charge in [0.2, 0.25) is 5.56 Å². The molecule has 17 heavy (non-hydrogen) atoms. The van der Waals surface area contributed by atoms with Crippen LogP contribution in [0.2, 0.25) is 0 Å². The summed E-state index contributed by atoms with van der Waals surface area (Å²) in [5.74, 6) is -0.243. The highest BCUT2D eigenvalue weighted by molar-refractivity contribution is 5.93. The first-order valence-electron chi connectivity index (χ1n) is 5.27. The first-order chi connectivity index (χ1) is 8.19. The van der Waals surface area contributed by atoms with Gasteiger partial charge in [0.15, 0.2) is 0 Å². The van der Waals surface area contributed by atoms with Crippen LogP contribution < -0.4 is 5.56 Å². The molecule has 0 aromatic carbocycles. The van der Waals surface area contributed by atoms with E-state index in [0.29, 0.717) is 18.7 Å². The second-order valence-corrected chi connectivity index (χ2v) is 3.45. The van der Waals surface area contributed by atoms with Gasteiger partial charge in [-0.2, -0.15) is 0 Å². The summed E-state index contributed by atoms with van der Waals surface area (Å²) >= 11 is 0. The highest BCUT2D eigenvalue weighted by atomic mass is 16.5. The minimum absolute atomic E-state index is 0.112. The van der Waals surface area contributed by atoms with Crippen LogP contribution in [0.3, 0.4) is 0 Å². The lowest BCUT2D eigenvalue weighted by Gasteiger charge is -2.21. The van der Waals surface area contributed by atoms with Gasteiger partial charge in [-0.1, -0.05) is 0 Å². The summed E-state index contributed by atoms with van der Waals surface area (Å²) in [5, 5.41) is 8.88. The zero-order valence-corrected chi connectivity index (χ0v) is 9.68. The lowest BCUT2D eigenvalue weighted by Crippen LogP contribution is -2.36. The average Bonchev–Trinajstić information content (AvgIpc) is 2.34. The number of pyridine rings is 1. The molecule has 1 heterocycles. The van der Waals surface area contributed by atoms with Gasteiger partial charge in [0.05, 0.1) is 18.8 Å². The van der Waals surface area contributed by atoms with Crippen LogP contribution in [-0.4, -0.2) is 54.3 Å². The molecule has 0 aliphatic rings. The van der Waals surface area contributed by atoms with E-state index in [4.69, 9.17) is 9.84 Å². The van der Waals surface area contributed by atoms with Crippen molar-refractivity contribution in [3.05, 3.63) is 34.2 Å². The molecular formula is C11H16N2O4. The van der Waals surface area contributed by atoms with E-state index in [1.807, 2.05) is 0 Å². The monoisotopic (exact) mass is 240 g/mol. The maximum absolute atomic E-state index is 12.0. The second-order valence-electron chi connectivity index (χ2n) is 3.45. The van der Waals surface area contributed by atoms with Crippen molar-refractivity contribution < 1.29 is 14.6 Å². The number of nitrogens with zero attached hydrogens (tertiary/aromatic N) is 1. The number of H-pyrrole nitrogens is 1. The number of aromatic nitrogens is 1. The van der Waals surface area contributed by atoms with Crippen LogP contribution >= 0.6 is 0 Å². The number of nitrogens with one attached hydrogen (secondary N) is 1. The molecule has 0 atom stereocenters. The molecule has 0 fully saturated rings. The van der Waals surface area contributed by atoms with E-state index in [1.165, 1.54) is 23.2 Å². The van der Waals surface area contributed by atoms with Gasteiger partial charge in [0, 0.05) is 32.5 Å². The molecule has 6 nitrogen and oxygen atoms in total. The summed E-state index contributed by atoms with van der Waals surface area (Å²) in [6.45, 7) is 0.921. The molecule has 0 radical (unpaired) electrons. The Bertz CT molecular complexity index is 396. The molecule has 0 saturated carbocycles. The Morgan fingerprint density at radius 2 is 2.24 bits per heavy atom. The molecule has 0 unspecified atom stereocenters. The van der Waals surface area contributed by atoms with Gasteiger partial charge in [-0.05, 0) is 6.07 Å². The van der Waals surface area contributed by atoms with E-state index < -0.39 is 0 Å². The lowest BCUT2D eigenvalue weighted by molar-refractivity contribution is 0.0656. The fraction of sp³-hybridized carbons (Fsp3) is 0.455. The van der Waals surface area contributed by atoms with Crippen LogP contribution in [0.4, 0.5) is 0 Å². The van der Waals surface area contributed by atoms with Crippen LogP contribution in [0.5, 0.6) is 0 Å². The van der Waals surface area contributed by atoms with Crippen molar-refractivity contribution in [2.75, 3.05) is 33.4 Å². The number of amides is 1. The van der Waals surface area contributed by atoms with E-state index in [1.54, 1.807) is 7.11 Å². The minimum Gasteiger partial charge on any atom is -0.395 e. The van der Waals surface area contributed by atoms with Crippen LogP contribution in [0.15, 0.2) is 23.1 Å². The Balaban J connectivity index is 2.75. The maximum Gasteiger partial charge on any atom is 0.255 e. The number of rotatable bonds is 6. The summed E-state index contributed by atoms with van der Waals surface area (Å²) in [6, 6.07) is 2.75. The maximum atomic E-state index is 12.0. The largest absolute Gasteiger partial charge is 0.395 e. The van der Waals surface area contributed by atoms with Crippen LogP contribution in [0.1, 0.15) is 10.4 Å². The van der Waals surface area contributed by atoms with E-state index >= 15 is 0 Å². The van der Waals surface area contributed by atoms with Gasteiger partial charge in [-0.3, -0.25) is 9.59 Å². The van der Waals surface area contributed by atoms with Crippen LogP contribution in [0.25, 0.3) is 0 Å². The summed E-state index contributed by atoms with van der Waals surface area (Å²) < 4.78 is 4.89. The first kappa shape index (κ1) is 13.4. The smallest absolute Gasteiger partial charge is 0.255 e. The Morgan fingerprint density at radius 1 is 1.47 bits per heavy atom. The van der Waals surface area contributed by atoms with Crippen molar-refractivity contribution in [3.63, 3.8) is 0 Å². The van der Waals surface area contributed by atoms with Crippen molar-refractivity contribution >= 4 is 5.91 Å². The number of aromatic amines is 1. The summed E-state index contributed by atoms with van der Waals surface area (Å²) in [6.07, 6.45) is 1.36. The van der Waals surface area contributed by atoms with E-state index in [-0.39, 0.29) is 24.6 Å². The van der Waals surface area contributed by atoms with Crippen LogP contribution in [0, 0.1) is 0 Å². The molecule has 0 saturated heterocycles. The van der Waals surface area contributed by atoms with Crippen molar-refractivity contribution in [2.24, 2.45) is 0 Å². The predicted octanol–water partition coefficient (Wildman–Crippen LogP) is -0.544. The SMILES string of the molecule is COCCN(CCO)C(=O)c1ccc(=O)[nH]c1. The third-order valence-corrected chi connectivity index (χ3v) is 2.25. The molecule has 0 aliphatic carbocycles. The number of aliphatic hydroxyl groups is 1. The molecule has 0 spiro atoms. The van der Waals surface area contributed by atoms with E-state index in [9.17, 15) is 9.59 Å². The molecule has 1 amide bonds. The Labute approximate surface area is 98.8 Å². The number of ether oxygens (including phenoxy) is 1. The fourth-order valence-electron chi connectivity index (χ4n) is 1.36. The Morgan fingerprint density at radius 3 is 2.76 bits per heavy atom. The zero-order chi connectivity index (χ0) is 12.7. The number of methoxy groups -OCH3 is 1. The quantitative estimate of drug-likeness (QED) is 0.699. The van der Waals surface area contributed by atoms with Crippen molar-refractivity contribution in [2.45, 2.75) is 0 Å². The number of aliphatic hydroxyl groups excluding tert-OH is 1. The molecule has 1 aromatic rings. The molecule has 94 valence electrons. The molecular weight excluding hydrogens is 224 g/mol. The zero-order valence-electron chi connectivity index (χ0n) is 9.68. The van der Waals surface area contributed by atoms with Crippen molar-refractivity contribution in [1.29, 1.82) is 0 Å². The van der Waals surface area contributed by atoms with Crippen molar-refractivity contribution in [3.8, 4) is 0 Å². The van der Waals surface area contributed by atoms with Gasteiger partial charge in [0.25, 0.3) is 5.91 Å². The van der Waals surface area contributed by atoms with Gasteiger partial charge in [0.1, 0.15) is 0 Å². The minimum atomic E-state index is -0.257. The molecule has 2 N–H and O–H groups in total. The summed E-state index contributed by atoms with van der Waals surface area (Å²) in [4.78, 5) is 26.8. The standard InChI is InChI=1S/C11H16N2O4/c1-17-7-5-13(4-6-14)11(16)9-2-3-10(15)12-8-9/h2-3,8,14H,4-7H2,1H3,(H,12,15). The number of hydrogen-bond acceptors (Lipinski definition) is 4. The first-order valence-corrected chi connectivity index (χ1v) is 5.27. The van der Waals surface area contributed by atoms with Gasteiger partial charge >= 0.3 is 0 Å². The van der Waals surface area contributed by atoms with Crippen LogP contribution in [-0.2, 0) is 4.74 Å². The molecule has 1 rings (SSSR count). The highest BCUT2D eigenvalue weighted by Gasteiger charge is 2.14. The van der Waals surface area contributed by atoms with Gasteiger partial charge in [-0.25, -0.2) is 0 Å². The van der Waals surface area contributed by atoms with E-state index in [0.717, 1.165) is 0 Å². The van der Waals surface area contributed by atoms with Gasteiger partial charge < -0.3 is 19.7 Å². The number of hydrogen-bond donors (Lipinski definition) is 2. The fourth-order valence-corrected chi connectivity index (χ4v) is 1.36. The molecule has 1 aromatic heterocycles. The molecule has 0 aliphatic heterocycles. The number of carbonyl (C=O) groups excluding carboxylic acids is 1. The number of carbonyl (C=O) groups is 1. The third kappa shape index (κ3) is 4.01.